The molecule has 0 aliphatic rings. The average Bonchev–Trinajstić information content (AvgIpc) is 2.39. The van der Waals surface area contributed by atoms with Crippen LogP contribution in [0.15, 0.2) is 42.5 Å². The highest BCUT2D eigenvalue weighted by molar-refractivity contribution is 5.44. The Hall–Kier alpha value is -2.23. The molecular weight excluding hydrogens is 235 g/mol. The van der Waals surface area contributed by atoms with Crippen molar-refractivity contribution in [1.82, 2.24) is 0 Å². The molecule has 1 radical (unpaired) electrons. The van der Waals surface area contributed by atoms with Gasteiger partial charge in [-0.05, 0) is 18.2 Å². The maximum absolute atomic E-state index is 13.3. The molecule has 0 saturated carbocycles. The zero-order valence-electron chi connectivity index (χ0n) is 9.76. The van der Waals surface area contributed by atoms with Crippen LogP contribution in [0.3, 0.4) is 0 Å². The number of ether oxygens (including phenoxy) is 2. The molecule has 0 amide bonds. The SMILES string of the molecule is COc1cc(O[CH]c2ccccc2F)ccc1O. The molecule has 0 spiro atoms. The van der Waals surface area contributed by atoms with Gasteiger partial charge in [-0.2, -0.15) is 0 Å². The summed E-state index contributed by atoms with van der Waals surface area (Å²) in [7, 11) is 1.44. The number of hydrogen-bond donors (Lipinski definition) is 1. The summed E-state index contributed by atoms with van der Waals surface area (Å²) in [6.07, 6.45) is 0. The second-order valence-electron chi connectivity index (χ2n) is 3.59. The van der Waals surface area contributed by atoms with Gasteiger partial charge in [-0.15, -0.1) is 0 Å². The van der Waals surface area contributed by atoms with Gasteiger partial charge in [0, 0.05) is 11.6 Å². The molecule has 0 unspecified atom stereocenters. The van der Waals surface area contributed by atoms with E-state index in [4.69, 9.17) is 9.47 Å². The van der Waals surface area contributed by atoms with Crippen molar-refractivity contribution in [2.45, 2.75) is 0 Å². The van der Waals surface area contributed by atoms with Crippen molar-refractivity contribution in [1.29, 1.82) is 0 Å². The van der Waals surface area contributed by atoms with Crippen LogP contribution in [0.5, 0.6) is 17.2 Å². The van der Waals surface area contributed by atoms with Crippen LogP contribution in [-0.2, 0) is 0 Å². The first-order valence-electron chi connectivity index (χ1n) is 5.32. The molecule has 0 bridgehead atoms. The maximum Gasteiger partial charge on any atom is 0.168 e. The lowest BCUT2D eigenvalue weighted by Gasteiger charge is -2.08. The quantitative estimate of drug-likeness (QED) is 0.902. The normalized spacial score (nSPS) is 10.1. The van der Waals surface area contributed by atoms with Gasteiger partial charge >= 0.3 is 0 Å². The van der Waals surface area contributed by atoms with Gasteiger partial charge in [0.05, 0.1) is 7.11 Å². The Morgan fingerprint density at radius 2 is 1.94 bits per heavy atom. The average molecular weight is 247 g/mol. The summed E-state index contributed by atoms with van der Waals surface area (Å²) in [5.74, 6) is 0.418. The third-order valence-corrected chi connectivity index (χ3v) is 2.38. The van der Waals surface area contributed by atoms with Gasteiger partial charge in [0.15, 0.2) is 18.1 Å². The van der Waals surface area contributed by atoms with Gasteiger partial charge in [0.2, 0.25) is 0 Å². The van der Waals surface area contributed by atoms with Crippen molar-refractivity contribution >= 4 is 0 Å². The van der Waals surface area contributed by atoms with Crippen LogP contribution in [-0.4, -0.2) is 12.2 Å². The molecule has 0 aliphatic carbocycles. The number of halogens is 1. The second kappa shape index (κ2) is 5.40. The summed E-state index contributed by atoms with van der Waals surface area (Å²) in [6, 6.07) is 10.8. The molecule has 93 valence electrons. The van der Waals surface area contributed by atoms with E-state index in [9.17, 15) is 9.50 Å². The van der Waals surface area contributed by atoms with E-state index >= 15 is 0 Å². The second-order valence-corrected chi connectivity index (χ2v) is 3.59. The molecule has 4 heteroatoms. The summed E-state index contributed by atoms with van der Waals surface area (Å²) >= 11 is 0. The largest absolute Gasteiger partial charge is 0.504 e. The molecule has 2 rings (SSSR count). The number of methoxy groups -OCH3 is 1. The van der Waals surface area contributed by atoms with Crippen LogP contribution in [0.2, 0.25) is 0 Å². The van der Waals surface area contributed by atoms with E-state index in [2.05, 4.69) is 0 Å². The minimum Gasteiger partial charge on any atom is -0.504 e. The van der Waals surface area contributed by atoms with E-state index in [0.29, 0.717) is 17.1 Å². The van der Waals surface area contributed by atoms with E-state index in [1.807, 2.05) is 0 Å². The summed E-state index contributed by atoms with van der Waals surface area (Å²) in [5.41, 5.74) is 0.351. The zero-order chi connectivity index (χ0) is 13.0. The van der Waals surface area contributed by atoms with Crippen LogP contribution in [0, 0.1) is 12.4 Å². The van der Waals surface area contributed by atoms with Gasteiger partial charge in [0.1, 0.15) is 11.6 Å². The maximum atomic E-state index is 13.3. The molecule has 0 heterocycles. The number of phenols is 1. The van der Waals surface area contributed by atoms with Crippen LogP contribution < -0.4 is 9.47 Å². The Balaban J connectivity index is 2.09. The Morgan fingerprint density at radius 3 is 2.67 bits per heavy atom. The van der Waals surface area contributed by atoms with E-state index in [1.165, 1.54) is 31.9 Å². The molecule has 0 aliphatic heterocycles. The summed E-state index contributed by atoms with van der Waals surface area (Å²) in [5, 5.41) is 9.41. The third kappa shape index (κ3) is 2.71. The Morgan fingerprint density at radius 1 is 1.17 bits per heavy atom. The fourth-order valence-electron chi connectivity index (χ4n) is 1.43. The van der Waals surface area contributed by atoms with E-state index < -0.39 is 0 Å². The molecule has 1 N–H and O–H groups in total. The minimum absolute atomic E-state index is 0.0238. The van der Waals surface area contributed by atoms with Crippen molar-refractivity contribution < 1.29 is 19.0 Å². The zero-order valence-corrected chi connectivity index (χ0v) is 9.76. The third-order valence-electron chi connectivity index (χ3n) is 2.38. The van der Waals surface area contributed by atoms with Gasteiger partial charge in [-0.3, -0.25) is 0 Å². The number of rotatable bonds is 4. The predicted molar refractivity (Wildman–Crippen MR) is 65.1 cm³/mol. The van der Waals surface area contributed by atoms with Crippen LogP contribution in [0.4, 0.5) is 4.39 Å². The molecule has 0 atom stereocenters. The number of aromatic hydroxyl groups is 1. The van der Waals surface area contributed by atoms with Crippen LogP contribution >= 0.6 is 0 Å². The number of phenolic OH excluding ortho intramolecular Hbond substituents is 1. The monoisotopic (exact) mass is 247 g/mol. The predicted octanol–water partition coefficient (Wildman–Crippen LogP) is 3.13. The van der Waals surface area contributed by atoms with E-state index in [-0.39, 0.29) is 11.6 Å². The molecule has 0 fully saturated rings. The van der Waals surface area contributed by atoms with Crippen molar-refractivity contribution in [2.75, 3.05) is 7.11 Å². The van der Waals surface area contributed by atoms with Crippen molar-refractivity contribution in [3.05, 3.63) is 60.5 Å². The van der Waals surface area contributed by atoms with Gasteiger partial charge in [-0.1, -0.05) is 18.2 Å². The van der Waals surface area contributed by atoms with Crippen LogP contribution in [0.1, 0.15) is 5.56 Å². The highest BCUT2D eigenvalue weighted by Gasteiger charge is 2.06. The molecule has 2 aromatic carbocycles. The van der Waals surface area contributed by atoms with Crippen molar-refractivity contribution in [3.63, 3.8) is 0 Å². The van der Waals surface area contributed by atoms with Crippen molar-refractivity contribution in [3.8, 4) is 17.2 Å². The smallest absolute Gasteiger partial charge is 0.168 e. The lowest BCUT2D eigenvalue weighted by Crippen LogP contribution is -1.95. The molecule has 3 nitrogen and oxygen atoms in total. The summed E-state index contributed by atoms with van der Waals surface area (Å²) < 4.78 is 23.6. The highest BCUT2D eigenvalue weighted by Crippen LogP contribution is 2.30. The molecular formula is C14H12FO3. The van der Waals surface area contributed by atoms with E-state index in [1.54, 1.807) is 24.3 Å². The fourth-order valence-corrected chi connectivity index (χ4v) is 1.43. The summed E-state index contributed by atoms with van der Waals surface area (Å²) in [6.45, 7) is 1.31. The van der Waals surface area contributed by atoms with Crippen LogP contribution in [0.25, 0.3) is 0 Å². The van der Waals surface area contributed by atoms with Crippen molar-refractivity contribution in [2.24, 2.45) is 0 Å². The number of hydrogen-bond acceptors (Lipinski definition) is 3. The lowest BCUT2D eigenvalue weighted by atomic mass is 10.2. The first-order valence-corrected chi connectivity index (χ1v) is 5.32. The molecule has 18 heavy (non-hydrogen) atoms. The lowest BCUT2D eigenvalue weighted by molar-refractivity contribution is 0.365. The Bertz CT molecular complexity index is 540. The minimum atomic E-state index is -0.358. The number of benzene rings is 2. The highest BCUT2D eigenvalue weighted by atomic mass is 19.1. The van der Waals surface area contributed by atoms with Gasteiger partial charge in [-0.25, -0.2) is 4.39 Å². The standard InChI is InChI=1S/C14H12FO3/c1-17-14-8-11(6-7-13(14)16)18-9-10-4-2-3-5-12(10)15/h2-9,16H,1H3. The first-order chi connectivity index (χ1) is 8.70. The molecule has 0 saturated heterocycles. The fraction of sp³-hybridized carbons (Fsp3) is 0.0714. The van der Waals surface area contributed by atoms with Gasteiger partial charge in [0.25, 0.3) is 0 Å². The molecule has 2 aromatic rings. The summed E-state index contributed by atoms with van der Waals surface area (Å²) in [4.78, 5) is 0. The van der Waals surface area contributed by atoms with Gasteiger partial charge < -0.3 is 14.6 Å². The Labute approximate surface area is 104 Å². The van der Waals surface area contributed by atoms with E-state index in [0.717, 1.165) is 0 Å². The molecule has 0 aromatic heterocycles. The first kappa shape index (κ1) is 12.2. The topological polar surface area (TPSA) is 38.7 Å². The Kier molecular flexibility index (Phi) is 3.67.